The van der Waals surface area contributed by atoms with Gasteiger partial charge in [-0.15, -0.1) is 0 Å². The number of nitrogens with two attached hydrogens (primary N) is 1. The smallest absolute Gasteiger partial charge is 0.290 e. The van der Waals surface area contributed by atoms with Crippen molar-refractivity contribution in [3.8, 4) is 0 Å². The Kier molecular flexibility index (Phi) is 4.49. The normalized spacial score (nSPS) is 12.8. The number of carbonyl (C=O) groups excluding carboxylic acids is 1. The summed E-state index contributed by atoms with van der Waals surface area (Å²) in [4.78, 5) is 11.8. The molecule has 16 heavy (non-hydrogen) atoms. The number of nitrogens with zero attached hydrogens (tertiary/aromatic N) is 1. The zero-order valence-corrected chi connectivity index (χ0v) is 9.99. The molecule has 5 nitrogen and oxygen atoms in total. The van der Waals surface area contributed by atoms with Gasteiger partial charge in [-0.2, -0.15) is 0 Å². The minimum Gasteiger partial charge on any atom is -0.351 e. The lowest BCUT2D eigenvalue weighted by Crippen LogP contribution is -2.41. The number of nitrogens with one attached hydrogen (secondary N) is 1. The highest BCUT2D eigenvalue weighted by atomic mass is 16.5. The second-order valence-electron chi connectivity index (χ2n) is 4.37. The van der Waals surface area contributed by atoms with Gasteiger partial charge in [0, 0.05) is 18.2 Å². The van der Waals surface area contributed by atoms with E-state index in [2.05, 4.69) is 24.3 Å². The van der Waals surface area contributed by atoms with Gasteiger partial charge in [-0.05, 0) is 19.3 Å². The summed E-state index contributed by atoms with van der Waals surface area (Å²) >= 11 is 0. The van der Waals surface area contributed by atoms with E-state index in [4.69, 9.17) is 10.3 Å². The Balaban J connectivity index is 2.59. The molecule has 0 aromatic carbocycles. The van der Waals surface area contributed by atoms with E-state index in [1.54, 1.807) is 6.92 Å². The molecule has 1 rings (SSSR count). The molecule has 0 aliphatic carbocycles. The fourth-order valence-electron chi connectivity index (χ4n) is 1.54. The van der Waals surface area contributed by atoms with Gasteiger partial charge in [0.2, 0.25) is 5.76 Å². The Bertz CT molecular complexity index is 347. The predicted molar refractivity (Wildman–Crippen MR) is 61.0 cm³/mol. The average molecular weight is 225 g/mol. The third-order valence-electron chi connectivity index (χ3n) is 2.33. The standard InChI is InChI=1S/C11H19N3O2/c1-7(2)4-9(5-12)14-11(15)10-8(3)6-13-16-10/h6-7,9H,4-5,12H2,1-3H3,(H,14,15). The maximum absolute atomic E-state index is 11.8. The van der Waals surface area contributed by atoms with Gasteiger partial charge in [0.05, 0.1) is 6.20 Å². The highest BCUT2D eigenvalue weighted by Gasteiger charge is 2.18. The molecule has 0 fully saturated rings. The lowest BCUT2D eigenvalue weighted by molar-refractivity contribution is 0.0895. The fraction of sp³-hybridized carbons (Fsp3) is 0.636. The molecule has 90 valence electrons. The van der Waals surface area contributed by atoms with E-state index in [1.165, 1.54) is 6.20 Å². The minimum absolute atomic E-state index is 0.0167. The Labute approximate surface area is 95.4 Å². The summed E-state index contributed by atoms with van der Waals surface area (Å²) in [6.45, 7) is 6.39. The number of aryl methyl sites for hydroxylation is 1. The van der Waals surface area contributed by atoms with E-state index >= 15 is 0 Å². The van der Waals surface area contributed by atoms with E-state index in [0.29, 0.717) is 12.5 Å². The van der Waals surface area contributed by atoms with Gasteiger partial charge >= 0.3 is 0 Å². The predicted octanol–water partition coefficient (Wildman–Crippen LogP) is 1.09. The molecule has 0 aliphatic heterocycles. The average Bonchev–Trinajstić information content (AvgIpc) is 2.62. The molecule has 1 aromatic rings. The summed E-state index contributed by atoms with van der Waals surface area (Å²) in [5.41, 5.74) is 6.33. The first kappa shape index (κ1) is 12.7. The molecule has 0 aliphatic rings. The van der Waals surface area contributed by atoms with Crippen LogP contribution in [0.1, 0.15) is 36.4 Å². The third-order valence-corrected chi connectivity index (χ3v) is 2.33. The zero-order valence-electron chi connectivity index (χ0n) is 9.99. The zero-order chi connectivity index (χ0) is 12.1. The van der Waals surface area contributed by atoms with Gasteiger partial charge in [0.1, 0.15) is 0 Å². The molecule has 1 amide bonds. The quantitative estimate of drug-likeness (QED) is 0.785. The molecule has 1 heterocycles. The topological polar surface area (TPSA) is 81.2 Å². The third kappa shape index (κ3) is 3.34. The van der Waals surface area contributed by atoms with Crippen LogP contribution in [-0.2, 0) is 0 Å². The van der Waals surface area contributed by atoms with Crippen molar-refractivity contribution >= 4 is 5.91 Å². The van der Waals surface area contributed by atoms with Crippen LogP contribution in [0.4, 0.5) is 0 Å². The maximum atomic E-state index is 11.8. The monoisotopic (exact) mass is 225 g/mol. The molecule has 0 saturated heterocycles. The van der Waals surface area contributed by atoms with Gasteiger partial charge in [-0.3, -0.25) is 4.79 Å². The van der Waals surface area contributed by atoms with Crippen molar-refractivity contribution in [2.75, 3.05) is 6.54 Å². The molecule has 5 heteroatoms. The van der Waals surface area contributed by atoms with Gasteiger partial charge < -0.3 is 15.6 Å². The van der Waals surface area contributed by atoms with Crippen molar-refractivity contribution in [1.82, 2.24) is 10.5 Å². The van der Waals surface area contributed by atoms with Crippen LogP contribution in [0.2, 0.25) is 0 Å². The Morgan fingerprint density at radius 2 is 2.31 bits per heavy atom. The highest BCUT2D eigenvalue weighted by molar-refractivity contribution is 5.92. The Morgan fingerprint density at radius 1 is 1.62 bits per heavy atom. The lowest BCUT2D eigenvalue weighted by Gasteiger charge is -2.17. The molecule has 1 atom stereocenters. The lowest BCUT2D eigenvalue weighted by atomic mass is 10.0. The summed E-state index contributed by atoms with van der Waals surface area (Å²) < 4.78 is 4.87. The molecule has 0 spiro atoms. The Hall–Kier alpha value is -1.36. The van der Waals surface area contributed by atoms with Gasteiger partial charge in [0.15, 0.2) is 0 Å². The number of hydrogen-bond acceptors (Lipinski definition) is 4. The van der Waals surface area contributed by atoms with Crippen LogP contribution in [0.15, 0.2) is 10.7 Å². The molecule has 0 saturated carbocycles. The van der Waals surface area contributed by atoms with Gasteiger partial charge in [-0.1, -0.05) is 19.0 Å². The first-order valence-corrected chi connectivity index (χ1v) is 5.46. The number of aromatic nitrogens is 1. The van der Waals surface area contributed by atoms with Crippen molar-refractivity contribution in [2.24, 2.45) is 11.7 Å². The number of hydrogen-bond donors (Lipinski definition) is 2. The molecule has 0 bridgehead atoms. The highest BCUT2D eigenvalue weighted by Crippen LogP contribution is 2.08. The van der Waals surface area contributed by atoms with Crippen LogP contribution in [0.3, 0.4) is 0 Å². The van der Waals surface area contributed by atoms with E-state index in [1.807, 2.05) is 0 Å². The van der Waals surface area contributed by atoms with Crippen LogP contribution in [-0.4, -0.2) is 23.7 Å². The van der Waals surface area contributed by atoms with Gasteiger partial charge in [-0.25, -0.2) is 0 Å². The summed E-state index contributed by atoms with van der Waals surface area (Å²) in [6, 6.07) is -0.0167. The summed E-state index contributed by atoms with van der Waals surface area (Å²) in [5.74, 6) is 0.512. The first-order chi connectivity index (χ1) is 7.54. The van der Waals surface area contributed by atoms with Crippen molar-refractivity contribution in [1.29, 1.82) is 0 Å². The molecule has 1 unspecified atom stereocenters. The first-order valence-electron chi connectivity index (χ1n) is 5.46. The molecule has 1 aromatic heterocycles. The number of amides is 1. The summed E-state index contributed by atoms with van der Waals surface area (Å²) in [5, 5.41) is 6.41. The van der Waals surface area contributed by atoms with E-state index in [0.717, 1.165) is 12.0 Å². The van der Waals surface area contributed by atoms with Crippen LogP contribution in [0.25, 0.3) is 0 Å². The number of rotatable bonds is 5. The second-order valence-corrected chi connectivity index (χ2v) is 4.37. The van der Waals surface area contributed by atoms with Crippen molar-refractivity contribution < 1.29 is 9.32 Å². The summed E-state index contributed by atoms with van der Waals surface area (Å²) in [6.07, 6.45) is 2.38. The SMILES string of the molecule is Cc1cnoc1C(=O)NC(CN)CC(C)C. The van der Waals surface area contributed by atoms with E-state index in [9.17, 15) is 4.79 Å². The number of carbonyl (C=O) groups is 1. The van der Waals surface area contributed by atoms with Crippen molar-refractivity contribution in [3.05, 3.63) is 17.5 Å². The largest absolute Gasteiger partial charge is 0.351 e. The van der Waals surface area contributed by atoms with Gasteiger partial charge in [0.25, 0.3) is 5.91 Å². The Morgan fingerprint density at radius 3 is 2.75 bits per heavy atom. The van der Waals surface area contributed by atoms with E-state index < -0.39 is 0 Å². The van der Waals surface area contributed by atoms with E-state index in [-0.39, 0.29) is 17.7 Å². The molecule has 0 radical (unpaired) electrons. The van der Waals surface area contributed by atoms with Crippen LogP contribution in [0.5, 0.6) is 0 Å². The maximum Gasteiger partial charge on any atom is 0.290 e. The minimum atomic E-state index is -0.244. The summed E-state index contributed by atoms with van der Waals surface area (Å²) in [7, 11) is 0. The van der Waals surface area contributed by atoms with Crippen LogP contribution >= 0.6 is 0 Å². The van der Waals surface area contributed by atoms with Crippen LogP contribution < -0.4 is 11.1 Å². The van der Waals surface area contributed by atoms with Crippen molar-refractivity contribution in [3.63, 3.8) is 0 Å². The van der Waals surface area contributed by atoms with Crippen LogP contribution in [0, 0.1) is 12.8 Å². The fourth-order valence-corrected chi connectivity index (χ4v) is 1.54. The van der Waals surface area contributed by atoms with Crippen molar-refractivity contribution in [2.45, 2.75) is 33.2 Å². The second kappa shape index (κ2) is 5.65. The molecule has 3 N–H and O–H groups in total. The molecular formula is C11H19N3O2. The molecular weight excluding hydrogens is 206 g/mol.